The Morgan fingerprint density at radius 2 is 2.47 bits per heavy atom. The molecule has 0 aliphatic rings. The fourth-order valence-corrected chi connectivity index (χ4v) is 1.34. The monoisotopic (exact) mass is 211 g/mol. The Balaban J connectivity index is 2.24. The molecule has 1 rings (SSSR count). The maximum absolute atomic E-state index is 10.3. The Hall–Kier alpha value is -1.36. The van der Waals surface area contributed by atoms with Gasteiger partial charge in [0.2, 0.25) is 0 Å². The highest BCUT2D eigenvalue weighted by molar-refractivity contribution is 5.66. The van der Waals surface area contributed by atoms with Crippen molar-refractivity contribution >= 4 is 5.97 Å². The van der Waals surface area contributed by atoms with Crippen molar-refractivity contribution in [1.82, 2.24) is 15.1 Å². The molecule has 1 unspecified atom stereocenters. The summed E-state index contributed by atoms with van der Waals surface area (Å²) in [5.41, 5.74) is 1.12. The van der Waals surface area contributed by atoms with Crippen LogP contribution in [-0.4, -0.2) is 27.4 Å². The van der Waals surface area contributed by atoms with Crippen LogP contribution in [0, 0.1) is 0 Å². The molecule has 0 bridgehead atoms. The molecule has 0 aromatic carbocycles. The van der Waals surface area contributed by atoms with Crippen LogP contribution in [0.5, 0.6) is 0 Å². The molecule has 0 radical (unpaired) electrons. The van der Waals surface area contributed by atoms with Gasteiger partial charge in [-0.05, 0) is 19.9 Å². The highest BCUT2D eigenvalue weighted by atomic mass is 16.4. The number of carbonyl (C=O) groups is 1. The fourth-order valence-electron chi connectivity index (χ4n) is 1.34. The van der Waals surface area contributed by atoms with Crippen LogP contribution in [0.25, 0.3) is 0 Å². The molecule has 5 nitrogen and oxygen atoms in total. The van der Waals surface area contributed by atoms with E-state index in [1.165, 1.54) is 0 Å². The van der Waals surface area contributed by atoms with Gasteiger partial charge in [-0.2, -0.15) is 5.10 Å². The Bertz CT molecular complexity index is 322. The van der Waals surface area contributed by atoms with Gasteiger partial charge < -0.3 is 10.4 Å². The number of hydrogen-bond donors (Lipinski definition) is 2. The van der Waals surface area contributed by atoms with Crippen molar-refractivity contribution in [3.8, 4) is 0 Å². The molecule has 0 amide bonds. The average molecular weight is 211 g/mol. The minimum absolute atomic E-state index is 0.215. The van der Waals surface area contributed by atoms with Crippen LogP contribution in [0.2, 0.25) is 0 Å². The van der Waals surface area contributed by atoms with E-state index in [1.54, 1.807) is 4.68 Å². The quantitative estimate of drug-likeness (QED) is 0.687. The Labute approximate surface area is 89.1 Å². The summed E-state index contributed by atoms with van der Waals surface area (Å²) in [4.78, 5) is 10.3. The maximum atomic E-state index is 10.3. The number of nitrogens with zero attached hydrogens (tertiary/aromatic N) is 2. The lowest BCUT2D eigenvalue weighted by Crippen LogP contribution is -2.20. The van der Waals surface area contributed by atoms with E-state index >= 15 is 0 Å². The Morgan fingerprint density at radius 1 is 1.73 bits per heavy atom. The van der Waals surface area contributed by atoms with Crippen molar-refractivity contribution in [3.63, 3.8) is 0 Å². The molecule has 84 valence electrons. The summed E-state index contributed by atoms with van der Waals surface area (Å²) in [5.74, 6) is -0.745. The summed E-state index contributed by atoms with van der Waals surface area (Å²) in [6.07, 6.45) is 4.64. The van der Waals surface area contributed by atoms with Gasteiger partial charge in [-0.1, -0.05) is 0 Å². The second-order valence-electron chi connectivity index (χ2n) is 3.62. The smallest absolute Gasteiger partial charge is 0.303 e. The van der Waals surface area contributed by atoms with Crippen LogP contribution in [0.1, 0.15) is 31.4 Å². The molecule has 1 aromatic heterocycles. The van der Waals surface area contributed by atoms with Gasteiger partial charge in [0.05, 0.1) is 6.20 Å². The van der Waals surface area contributed by atoms with E-state index in [9.17, 15) is 4.79 Å². The van der Waals surface area contributed by atoms with E-state index in [-0.39, 0.29) is 12.5 Å². The molecule has 0 saturated carbocycles. The number of hydrogen-bond acceptors (Lipinski definition) is 3. The molecule has 2 N–H and O–H groups in total. The fraction of sp³-hybridized carbons (Fsp3) is 0.600. The first-order valence-electron chi connectivity index (χ1n) is 5.03. The van der Waals surface area contributed by atoms with Gasteiger partial charge in [-0.25, -0.2) is 0 Å². The number of carboxylic acids is 1. The number of carboxylic acid groups (broad SMARTS) is 1. The van der Waals surface area contributed by atoms with Crippen LogP contribution >= 0.6 is 0 Å². The second-order valence-corrected chi connectivity index (χ2v) is 3.62. The average Bonchev–Trinajstić information content (AvgIpc) is 2.59. The van der Waals surface area contributed by atoms with Crippen LogP contribution in [0.15, 0.2) is 12.4 Å². The molecule has 0 fully saturated rings. The van der Waals surface area contributed by atoms with Gasteiger partial charge in [-0.15, -0.1) is 0 Å². The Kier molecular flexibility index (Phi) is 4.30. The van der Waals surface area contributed by atoms with Crippen molar-refractivity contribution in [3.05, 3.63) is 18.0 Å². The highest BCUT2D eigenvalue weighted by Gasteiger charge is 2.06. The molecule has 1 aromatic rings. The molecule has 0 saturated heterocycles. The van der Waals surface area contributed by atoms with E-state index in [1.807, 2.05) is 26.4 Å². The van der Waals surface area contributed by atoms with Crippen molar-refractivity contribution in [2.45, 2.75) is 25.8 Å². The molecule has 0 aliphatic carbocycles. The Morgan fingerprint density at radius 3 is 3.00 bits per heavy atom. The van der Waals surface area contributed by atoms with Crippen molar-refractivity contribution in [2.75, 3.05) is 6.54 Å². The highest BCUT2D eigenvalue weighted by Crippen LogP contribution is 2.09. The number of nitrogens with one attached hydrogen (secondary N) is 1. The van der Waals surface area contributed by atoms with Crippen LogP contribution in [-0.2, 0) is 11.8 Å². The number of rotatable bonds is 6. The van der Waals surface area contributed by atoms with Gasteiger partial charge in [-0.3, -0.25) is 9.48 Å². The van der Waals surface area contributed by atoms with Gasteiger partial charge >= 0.3 is 5.97 Å². The van der Waals surface area contributed by atoms with Crippen LogP contribution < -0.4 is 5.32 Å². The van der Waals surface area contributed by atoms with E-state index in [0.717, 1.165) is 5.56 Å². The third-order valence-electron chi connectivity index (χ3n) is 2.24. The molecule has 0 spiro atoms. The third-order valence-corrected chi connectivity index (χ3v) is 2.24. The lowest BCUT2D eigenvalue weighted by molar-refractivity contribution is -0.137. The van der Waals surface area contributed by atoms with Crippen molar-refractivity contribution in [2.24, 2.45) is 7.05 Å². The van der Waals surface area contributed by atoms with Crippen molar-refractivity contribution < 1.29 is 9.90 Å². The zero-order valence-electron chi connectivity index (χ0n) is 9.10. The molecule has 1 heterocycles. The van der Waals surface area contributed by atoms with Gasteiger partial charge in [0.1, 0.15) is 0 Å². The predicted octanol–water partition coefficient (Wildman–Crippen LogP) is 0.935. The minimum atomic E-state index is -0.745. The van der Waals surface area contributed by atoms with E-state index in [0.29, 0.717) is 13.0 Å². The first-order chi connectivity index (χ1) is 7.09. The largest absolute Gasteiger partial charge is 0.481 e. The number of aromatic nitrogens is 2. The van der Waals surface area contributed by atoms with E-state index < -0.39 is 5.97 Å². The lowest BCUT2D eigenvalue weighted by Gasteiger charge is -2.10. The molecule has 5 heteroatoms. The summed E-state index contributed by atoms with van der Waals surface area (Å²) < 4.78 is 1.75. The summed E-state index contributed by atoms with van der Waals surface area (Å²) in [6.45, 7) is 2.75. The standard InChI is InChI=1S/C10H17N3O2/c1-8(9-6-12-13(2)7-9)11-5-3-4-10(14)15/h6-8,11H,3-5H2,1-2H3,(H,14,15). The molecule has 0 aliphatic heterocycles. The second kappa shape index (κ2) is 5.50. The first-order valence-corrected chi connectivity index (χ1v) is 5.03. The van der Waals surface area contributed by atoms with E-state index in [4.69, 9.17) is 5.11 Å². The first kappa shape index (κ1) is 11.7. The summed E-state index contributed by atoms with van der Waals surface area (Å²) in [5, 5.41) is 15.8. The molecule has 1 atom stereocenters. The summed E-state index contributed by atoms with van der Waals surface area (Å²) in [6, 6.07) is 0.215. The number of aliphatic carboxylic acids is 1. The summed E-state index contributed by atoms with van der Waals surface area (Å²) >= 11 is 0. The SMILES string of the molecule is CC(NCCCC(=O)O)c1cnn(C)c1. The molecular weight excluding hydrogens is 194 g/mol. The van der Waals surface area contributed by atoms with Crippen molar-refractivity contribution in [1.29, 1.82) is 0 Å². The topological polar surface area (TPSA) is 67.2 Å². The maximum Gasteiger partial charge on any atom is 0.303 e. The molecule has 15 heavy (non-hydrogen) atoms. The van der Waals surface area contributed by atoms with Crippen LogP contribution in [0.3, 0.4) is 0 Å². The lowest BCUT2D eigenvalue weighted by atomic mass is 10.2. The predicted molar refractivity (Wildman–Crippen MR) is 56.5 cm³/mol. The molecular formula is C10H17N3O2. The zero-order valence-corrected chi connectivity index (χ0v) is 9.10. The minimum Gasteiger partial charge on any atom is -0.481 e. The van der Waals surface area contributed by atoms with Gasteiger partial charge in [0.15, 0.2) is 0 Å². The van der Waals surface area contributed by atoms with Gasteiger partial charge in [0, 0.05) is 31.3 Å². The number of aryl methyl sites for hydroxylation is 1. The third kappa shape index (κ3) is 4.12. The normalized spacial score (nSPS) is 12.7. The summed E-state index contributed by atoms with van der Waals surface area (Å²) in [7, 11) is 1.88. The van der Waals surface area contributed by atoms with Gasteiger partial charge in [0.25, 0.3) is 0 Å². The zero-order chi connectivity index (χ0) is 11.3. The van der Waals surface area contributed by atoms with Crippen LogP contribution in [0.4, 0.5) is 0 Å². The van der Waals surface area contributed by atoms with E-state index in [2.05, 4.69) is 10.4 Å².